The Bertz CT molecular complexity index is 584. The molecule has 0 aliphatic carbocycles. The van der Waals surface area contributed by atoms with Gasteiger partial charge in [0.1, 0.15) is 5.84 Å². The van der Waals surface area contributed by atoms with Gasteiger partial charge in [-0.2, -0.15) is 0 Å². The average Bonchev–Trinajstić information content (AvgIpc) is 2.86. The summed E-state index contributed by atoms with van der Waals surface area (Å²) in [7, 11) is 2.15. The van der Waals surface area contributed by atoms with Gasteiger partial charge in [-0.1, -0.05) is 62.3 Å². The second-order valence-corrected chi connectivity index (χ2v) is 11.2. The van der Waals surface area contributed by atoms with Crippen molar-refractivity contribution in [2.45, 2.75) is 80.8 Å². The van der Waals surface area contributed by atoms with Crippen molar-refractivity contribution in [2.24, 2.45) is 21.2 Å². The molecule has 1 fully saturated rings. The Labute approximate surface area is 161 Å². The number of hydrogen-bond donors (Lipinski definition) is 1. The van der Waals surface area contributed by atoms with Crippen molar-refractivity contribution in [1.82, 2.24) is 9.80 Å². The number of likely N-dealkylation sites (N-methyl/N-ethyl adjacent to an activating group) is 1. The quantitative estimate of drug-likeness (QED) is 0.818. The van der Waals surface area contributed by atoms with Crippen LogP contribution in [0.25, 0.3) is 0 Å². The number of aliphatic hydroxyl groups is 1. The molecule has 0 aromatic rings. The lowest BCUT2D eigenvalue weighted by Gasteiger charge is -2.47. The fourth-order valence-corrected chi connectivity index (χ4v) is 4.39. The van der Waals surface area contributed by atoms with Crippen LogP contribution in [0.3, 0.4) is 0 Å². The summed E-state index contributed by atoms with van der Waals surface area (Å²) in [5, 5.41) is 9.49. The Kier molecular flexibility index (Phi) is 5.72. The van der Waals surface area contributed by atoms with Crippen molar-refractivity contribution < 1.29 is 5.11 Å². The van der Waals surface area contributed by atoms with E-state index in [0.717, 1.165) is 13.0 Å². The molecule has 2 rings (SSSR count). The maximum absolute atomic E-state index is 9.49. The highest BCUT2D eigenvalue weighted by molar-refractivity contribution is 5.91. The third-order valence-corrected chi connectivity index (χ3v) is 5.57. The van der Waals surface area contributed by atoms with Gasteiger partial charge in [0.2, 0.25) is 0 Å². The molecule has 2 heterocycles. The molecule has 0 amide bonds. The van der Waals surface area contributed by atoms with Crippen LogP contribution in [0.4, 0.5) is 0 Å². The number of aliphatic hydroxyl groups excluding tert-OH is 1. The topological polar surface area (TPSA) is 39.1 Å². The van der Waals surface area contributed by atoms with Crippen molar-refractivity contribution in [3.8, 4) is 0 Å². The number of nitrogens with zero attached hydrogens (tertiary/aromatic N) is 3. The van der Waals surface area contributed by atoms with E-state index in [2.05, 4.69) is 79.2 Å². The second-order valence-electron chi connectivity index (χ2n) is 11.2. The molecule has 2 aliphatic heterocycles. The number of aliphatic imine (C=N–C) groups is 1. The molecule has 4 nitrogen and oxygen atoms in total. The summed E-state index contributed by atoms with van der Waals surface area (Å²) >= 11 is 0. The highest BCUT2D eigenvalue weighted by Gasteiger charge is 2.48. The summed E-state index contributed by atoms with van der Waals surface area (Å²) in [4.78, 5) is 10.2. The smallest absolute Gasteiger partial charge is 0.109 e. The molecule has 0 saturated carbocycles. The first-order valence-electron chi connectivity index (χ1n) is 10.1. The Hall–Kier alpha value is -0.870. The van der Waals surface area contributed by atoms with Crippen LogP contribution in [-0.2, 0) is 0 Å². The fourth-order valence-electron chi connectivity index (χ4n) is 4.39. The maximum atomic E-state index is 9.49. The van der Waals surface area contributed by atoms with Gasteiger partial charge >= 0.3 is 0 Å². The van der Waals surface area contributed by atoms with Crippen molar-refractivity contribution >= 4 is 5.84 Å². The lowest BCUT2D eigenvalue weighted by atomic mass is 9.70. The predicted molar refractivity (Wildman–Crippen MR) is 111 cm³/mol. The Balaban J connectivity index is 2.70. The molecule has 2 aliphatic rings. The van der Waals surface area contributed by atoms with Gasteiger partial charge in [0.05, 0.1) is 18.7 Å². The van der Waals surface area contributed by atoms with Crippen molar-refractivity contribution in [3.05, 3.63) is 11.3 Å². The Morgan fingerprint density at radius 1 is 1.04 bits per heavy atom. The van der Waals surface area contributed by atoms with Crippen LogP contribution in [0.5, 0.6) is 0 Å². The highest BCUT2D eigenvalue weighted by Crippen LogP contribution is 2.48. The Morgan fingerprint density at radius 3 is 2.04 bits per heavy atom. The summed E-state index contributed by atoms with van der Waals surface area (Å²) in [6.45, 7) is 22.7. The average molecular weight is 364 g/mol. The van der Waals surface area contributed by atoms with E-state index in [1.165, 1.54) is 17.1 Å². The maximum Gasteiger partial charge on any atom is 0.109 e. The van der Waals surface area contributed by atoms with Gasteiger partial charge in [-0.15, -0.1) is 0 Å². The molecule has 1 saturated heterocycles. The van der Waals surface area contributed by atoms with Crippen LogP contribution in [0, 0.1) is 16.2 Å². The van der Waals surface area contributed by atoms with Gasteiger partial charge in [-0.3, -0.25) is 9.89 Å². The molecule has 0 spiro atoms. The van der Waals surface area contributed by atoms with Gasteiger partial charge < -0.3 is 10.0 Å². The number of amidine groups is 1. The normalized spacial score (nSPS) is 25.1. The van der Waals surface area contributed by atoms with E-state index >= 15 is 0 Å². The predicted octanol–water partition coefficient (Wildman–Crippen LogP) is 4.16. The Morgan fingerprint density at radius 2 is 1.62 bits per heavy atom. The van der Waals surface area contributed by atoms with E-state index in [-0.39, 0.29) is 28.9 Å². The van der Waals surface area contributed by atoms with Crippen molar-refractivity contribution in [2.75, 3.05) is 26.7 Å². The molecule has 0 bridgehead atoms. The zero-order valence-corrected chi connectivity index (χ0v) is 18.8. The van der Waals surface area contributed by atoms with Crippen LogP contribution < -0.4 is 0 Å². The standard InChI is InChI=1S/C22H41N3O/c1-20(2,3)16-17-15(24(10)13-14-26)11-12-25(17)19(22(7,8)9)23-18(16)21(4,5)6/h15,18,26H,11-14H2,1-10H3. The summed E-state index contributed by atoms with van der Waals surface area (Å²) in [5.41, 5.74) is 3.07. The van der Waals surface area contributed by atoms with Gasteiger partial charge in [0.25, 0.3) is 0 Å². The first kappa shape index (κ1) is 21.4. The monoisotopic (exact) mass is 363 g/mol. The van der Waals surface area contributed by atoms with E-state index in [4.69, 9.17) is 4.99 Å². The first-order valence-corrected chi connectivity index (χ1v) is 10.1. The molecule has 1 N–H and O–H groups in total. The molecule has 0 radical (unpaired) electrons. The van der Waals surface area contributed by atoms with E-state index in [0.29, 0.717) is 12.6 Å². The molecule has 150 valence electrons. The molecule has 2 unspecified atom stereocenters. The van der Waals surface area contributed by atoms with Gasteiger partial charge in [-0.05, 0) is 29.9 Å². The van der Waals surface area contributed by atoms with E-state index < -0.39 is 0 Å². The third-order valence-electron chi connectivity index (χ3n) is 5.57. The van der Waals surface area contributed by atoms with Gasteiger partial charge in [-0.25, -0.2) is 0 Å². The van der Waals surface area contributed by atoms with Crippen LogP contribution in [0.2, 0.25) is 0 Å². The van der Waals surface area contributed by atoms with Crippen LogP contribution >= 0.6 is 0 Å². The fraction of sp³-hybridized carbons (Fsp3) is 0.864. The molecule has 26 heavy (non-hydrogen) atoms. The third kappa shape index (κ3) is 4.01. The SMILES string of the molecule is CN(CCO)C1CCN2C(C(C)(C)C)=NC(C(C)(C)C)C(C(C)(C)C)=C12. The van der Waals surface area contributed by atoms with Crippen molar-refractivity contribution in [3.63, 3.8) is 0 Å². The summed E-state index contributed by atoms with van der Waals surface area (Å²) in [5.74, 6) is 1.22. The minimum atomic E-state index is 0.0165. The summed E-state index contributed by atoms with van der Waals surface area (Å²) < 4.78 is 0. The minimum Gasteiger partial charge on any atom is -0.395 e. The zero-order chi connectivity index (χ0) is 20.1. The number of rotatable bonds is 3. The lowest BCUT2D eigenvalue weighted by Crippen LogP contribution is -2.49. The van der Waals surface area contributed by atoms with E-state index in [1.54, 1.807) is 0 Å². The van der Waals surface area contributed by atoms with Crippen LogP contribution in [-0.4, -0.2) is 59.6 Å². The molecule has 0 aromatic heterocycles. The molecule has 2 atom stereocenters. The van der Waals surface area contributed by atoms with E-state index in [1.807, 2.05) is 0 Å². The van der Waals surface area contributed by atoms with Crippen LogP contribution in [0.15, 0.2) is 16.3 Å². The summed E-state index contributed by atoms with van der Waals surface area (Å²) in [6, 6.07) is 0.542. The molecule has 4 heteroatoms. The highest BCUT2D eigenvalue weighted by atomic mass is 16.3. The molecule has 0 aromatic carbocycles. The van der Waals surface area contributed by atoms with Gasteiger partial charge in [0.15, 0.2) is 0 Å². The van der Waals surface area contributed by atoms with Crippen molar-refractivity contribution in [1.29, 1.82) is 0 Å². The van der Waals surface area contributed by atoms with E-state index in [9.17, 15) is 5.11 Å². The molecular formula is C22H41N3O. The minimum absolute atomic E-state index is 0.0165. The molecular weight excluding hydrogens is 322 g/mol. The number of fused-ring (bicyclic) bond motifs is 1. The summed E-state index contributed by atoms with van der Waals surface area (Å²) in [6.07, 6.45) is 1.09. The first-order chi connectivity index (χ1) is 11.7. The largest absolute Gasteiger partial charge is 0.395 e. The zero-order valence-electron chi connectivity index (χ0n) is 18.8. The van der Waals surface area contributed by atoms with Gasteiger partial charge in [0, 0.05) is 24.2 Å². The lowest BCUT2D eigenvalue weighted by molar-refractivity contribution is 0.191. The number of hydrogen-bond acceptors (Lipinski definition) is 4. The second kappa shape index (κ2) is 6.94. The van der Waals surface area contributed by atoms with Crippen LogP contribution in [0.1, 0.15) is 68.7 Å².